The number of benzene rings is 1. The van der Waals surface area contributed by atoms with Crippen molar-refractivity contribution in [1.82, 2.24) is 4.98 Å². The predicted octanol–water partition coefficient (Wildman–Crippen LogP) is 4.07. The fourth-order valence-electron chi connectivity index (χ4n) is 2.57. The van der Waals surface area contributed by atoms with Crippen LogP contribution in [0.2, 0.25) is 0 Å². The maximum Gasteiger partial charge on any atom is 0.337 e. The summed E-state index contributed by atoms with van der Waals surface area (Å²) >= 11 is 0. The van der Waals surface area contributed by atoms with E-state index < -0.39 is 5.97 Å². The van der Waals surface area contributed by atoms with Crippen LogP contribution >= 0.6 is 0 Å². The Balaban J connectivity index is 1.84. The lowest BCUT2D eigenvalue weighted by atomic mass is 10.1. The summed E-state index contributed by atoms with van der Waals surface area (Å²) in [5.74, 6) is 0.0380. The highest BCUT2D eigenvalue weighted by molar-refractivity contribution is 5.90. The molecular formula is C17H13NO3. The van der Waals surface area contributed by atoms with Gasteiger partial charge in [0, 0.05) is 11.3 Å². The number of aromatic carboxylic acids is 1. The summed E-state index contributed by atoms with van der Waals surface area (Å²) < 4.78 is 5.80. The Morgan fingerprint density at radius 1 is 1.19 bits per heavy atom. The van der Waals surface area contributed by atoms with E-state index in [1.54, 1.807) is 12.1 Å². The zero-order valence-corrected chi connectivity index (χ0v) is 11.2. The smallest absolute Gasteiger partial charge is 0.337 e. The molecule has 21 heavy (non-hydrogen) atoms. The molecule has 4 heteroatoms. The summed E-state index contributed by atoms with van der Waals surface area (Å²) in [5, 5.41) is 10.3. The topological polar surface area (TPSA) is 63.3 Å². The zero-order chi connectivity index (χ0) is 14.4. The van der Waals surface area contributed by atoms with E-state index in [2.05, 4.69) is 4.98 Å². The Hall–Kier alpha value is -2.62. The van der Waals surface area contributed by atoms with Crippen LogP contribution in [0.25, 0.3) is 22.4 Å². The van der Waals surface area contributed by atoms with Crippen molar-refractivity contribution in [2.75, 3.05) is 0 Å². The van der Waals surface area contributed by atoms with Crippen molar-refractivity contribution in [3.8, 4) is 11.5 Å². The van der Waals surface area contributed by atoms with Gasteiger partial charge in [0.05, 0.1) is 11.3 Å². The third kappa shape index (κ3) is 2.09. The molecular weight excluding hydrogens is 266 g/mol. The van der Waals surface area contributed by atoms with Crippen LogP contribution in [0.1, 0.15) is 34.8 Å². The van der Waals surface area contributed by atoms with Gasteiger partial charge in [-0.05, 0) is 37.1 Å². The molecule has 0 spiro atoms. The molecule has 1 N–H and O–H groups in total. The minimum Gasteiger partial charge on any atom is -0.478 e. The lowest BCUT2D eigenvalue weighted by molar-refractivity contribution is 0.0695. The number of hydrogen-bond acceptors (Lipinski definition) is 3. The predicted molar refractivity (Wildman–Crippen MR) is 78.4 cm³/mol. The first kappa shape index (κ1) is 12.1. The van der Waals surface area contributed by atoms with E-state index in [9.17, 15) is 9.90 Å². The van der Waals surface area contributed by atoms with Crippen LogP contribution in [0.4, 0.5) is 0 Å². The standard InChI is InChI=1S/C17H13NO3/c19-17(20)12-7-8-13(18-16(12)10-5-6-10)15-9-11-3-1-2-4-14(11)21-15/h1-4,7-10H,5-6H2,(H,19,20). The second-order valence-electron chi connectivity index (χ2n) is 5.36. The zero-order valence-electron chi connectivity index (χ0n) is 11.2. The SMILES string of the molecule is O=C(O)c1ccc(-c2cc3ccccc3o2)nc1C1CC1. The van der Waals surface area contributed by atoms with Crippen LogP contribution in [0.5, 0.6) is 0 Å². The van der Waals surface area contributed by atoms with E-state index >= 15 is 0 Å². The van der Waals surface area contributed by atoms with Gasteiger partial charge >= 0.3 is 5.97 Å². The number of hydrogen-bond donors (Lipinski definition) is 1. The number of carbonyl (C=O) groups is 1. The van der Waals surface area contributed by atoms with Crippen LogP contribution in [-0.4, -0.2) is 16.1 Å². The molecule has 1 fully saturated rings. The van der Waals surface area contributed by atoms with E-state index in [1.165, 1.54) is 0 Å². The van der Waals surface area contributed by atoms with Crippen LogP contribution in [0.15, 0.2) is 46.9 Å². The number of para-hydroxylation sites is 1. The highest BCUT2D eigenvalue weighted by Crippen LogP contribution is 2.41. The molecule has 2 aromatic heterocycles. The number of fused-ring (bicyclic) bond motifs is 1. The molecule has 0 radical (unpaired) electrons. The quantitative estimate of drug-likeness (QED) is 0.785. The third-order valence-electron chi connectivity index (χ3n) is 3.80. The lowest BCUT2D eigenvalue weighted by Gasteiger charge is -2.05. The van der Waals surface area contributed by atoms with E-state index in [-0.39, 0.29) is 5.92 Å². The molecule has 0 atom stereocenters. The van der Waals surface area contributed by atoms with Gasteiger partial charge in [-0.1, -0.05) is 18.2 Å². The molecule has 1 aliphatic rings. The molecule has 4 rings (SSSR count). The van der Waals surface area contributed by atoms with E-state index in [0.717, 1.165) is 23.8 Å². The molecule has 1 aromatic carbocycles. The lowest BCUT2D eigenvalue weighted by Crippen LogP contribution is -2.04. The van der Waals surface area contributed by atoms with E-state index in [4.69, 9.17) is 4.42 Å². The number of aromatic nitrogens is 1. The first-order valence-corrected chi connectivity index (χ1v) is 6.95. The molecule has 1 saturated carbocycles. The molecule has 0 bridgehead atoms. The van der Waals surface area contributed by atoms with E-state index in [1.807, 2.05) is 30.3 Å². The van der Waals surface area contributed by atoms with Gasteiger partial charge in [-0.25, -0.2) is 9.78 Å². The summed E-state index contributed by atoms with van der Waals surface area (Å²) in [6, 6.07) is 13.1. The van der Waals surface area contributed by atoms with Crippen LogP contribution in [0, 0.1) is 0 Å². The summed E-state index contributed by atoms with van der Waals surface area (Å²) in [6.45, 7) is 0. The number of nitrogens with zero attached hydrogens (tertiary/aromatic N) is 1. The average molecular weight is 279 g/mol. The molecule has 0 amide bonds. The molecule has 1 aliphatic carbocycles. The molecule has 2 heterocycles. The van der Waals surface area contributed by atoms with Gasteiger partial charge in [-0.15, -0.1) is 0 Å². The van der Waals surface area contributed by atoms with Crippen LogP contribution in [0.3, 0.4) is 0 Å². The maximum atomic E-state index is 11.3. The van der Waals surface area contributed by atoms with E-state index in [0.29, 0.717) is 22.7 Å². The molecule has 104 valence electrons. The number of pyridine rings is 1. The van der Waals surface area contributed by atoms with Gasteiger partial charge < -0.3 is 9.52 Å². The Labute approximate surface area is 121 Å². The number of rotatable bonds is 3. The summed E-state index contributed by atoms with van der Waals surface area (Å²) in [4.78, 5) is 15.8. The van der Waals surface area contributed by atoms with Crippen molar-refractivity contribution in [2.45, 2.75) is 18.8 Å². The Bertz CT molecular complexity index is 813. The van der Waals surface area contributed by atoms with Crippen molar-refractivity contribution in [1.29, 1.82) is 0 Å². The second-order valence-corrected chi connectivity index (χ2v) is 5.36. The number of carboxylic acid groups (broad SMARTS) is 1. The maximum absolute atomic E-state index is 11.3. The average Bonchev–Trinajstić information content (AvgIpc) is 3.25. The molecule has 3 aromatic rings. The first-order chi connectivity index (χ1) is 10.2. The minimum atomic E-state index is -0.916. The largest absolute Gasteiger partial charge is 0.478 e. The first-order valence-electron chi connectivity index (χ1n) is 6.95. The van der Waals surface area contributed by atoms with Crippen molar-refractivity contribution in [3.63, 3.8) is 0 Å². The fourth-order valence-corrected chi connectivity index (χ4v) is 2.57. The van der Waals surface area contributed by atoms with Crippen LogP contribution in [-0.2, 0) is 0 Å². The second kappa shape index (κ2) is 4.45. The van der Waals surface area contributed by atoms with Crippen LogP contribution < -0.4 is 0 Å². The van der Waals surface area contributed by atoms with Crippen molar-refractivity contribution >= 4 is 16.9 Å². The molecule has 0 unspecified atom stereocenters. The van der Waals surface area contributed by atoms with Gasteiger partial charge in [-0.3, -0.25) is 0 Å². The highest BCUT2D eigenvalue weighted by Gasteiger charge is 2.30. The monoisotopic (exact) mass is 279 g/mol. The number of carboxylic acids is 1. The third-order valence-corrected chi connectivity index (χ3v) is 3.80. The highest BCUT2D eigenvalue weighted by atomic mass is 16.4. The fraction of sp³-hybridized carbons (Fsp3) is 0.176. The van der Waals surface area contributed by atoms with Gasteiger partial charge in [0.2, 0.25) is 0 Å². The molecule has 0 saturated heterocycles. The van der Waals surface area contributed by atoms with Gasteiger partial charge in [0.15, 0.2) is 5.76 Å². The molecule has 0 aliphatic heterocycles. The number of furan rings is 1. The summed E-state index contributed by atoms with van der Waals surface area (Å²) in [6.07, 6.45) is 2.02. The normalized spacial score (nSPS) is 14.5. The molecule has 4 nitrogen and oxygen atoms in total. The summed E-state index contributed by atoms with van der Waals surface area (Å²) in [7, 11) is 0. The van der Waals surface area contributed by atoms with Gasteiger partial charge in [-0.2, -0.15) is 0 Å². The Morgan fingerprint density at radius 2 is 2.00 bits per heavy atom. The summed E-state index contributed by atoms with van der Waals surface area (Å²) in [5.41, 5.74) is 2.49. The Kier molecular flexibility index (Phi) is 2.57. The van der Waals surface area contributed by atoms with Gasteiger partial charge in [0.1, 0.15) is 11.3 Å². The minimum absolute atomic E-state index is 0.278. The Morgan fingerprint density at radius 3 is 2.71 bits per heavy atom. The van der Waals surface area contributed by atoms with Crippen molar-refractivity contribution in [3.05, 3.63) is 53.7 Å². The van der Waals surface area contributed by atoms with Crippen molar-refractivity contribution < 1.29 is 14.3 Å². The van der Waals surface area contributed by atoms with Gasteiger partial charge in [0.25, 0.3) is 0 Å². The van der Waals surface area contributed by atoms with Crippen molar-refractivity contribution in [2.24, 2.45) is 0 Å².